The zero-order valence-corrected chi connectivity index (χ0v) is 13.8. The van der Waals surface area contributed by atoms with Crippen LogP contribution in [-0.2, 0) is 11.3 Å². The molecule has 0 heterocycles. The lowest BCUT2D eigenvalue weighted by Gasteiger charge is -2.16. The number of nitrogens with zero attached hydrogens (tertiary/aromatic N) is 1. The molecule has 0 unspecified atom stereocenters. The molecule has 4 nitrogen and oxygen atoms in total. The van der Waals surface area contributed by atoms with Crippen molar-refractivity contribution in [2.75, 3.05) is 25.5 Å². The lowest BCUT2D eigenvalue weighted by atomic mass is 10.2. The average molecular weight is 312 g/mol. The summed E-state index contributed by atoms with van der Waals surface area (Å²) in [5.74, 6) is 0.835. The Morgan fingerprint density at radius 2 is 1.78 bits per heavy atom. The van der Waals surface area contributed by atoms with Gasteiger partial charge in [-0.1, -0.05) is 30.3 Å². The van der Waals surface area contributed by atoms with Crippen LogP contribution in [0.1, 0.15) is 18.9 Å². The Kier molecular flexibility index (Phi) is 6.63. The zero-order chi connectivity index (χ0) is 16.5. The largest absolute Gasteiger partial charge is 0.494 e. The maximum Gasteiger partial charge on any atom is 0.225 e. The van der Waals surface area contributed by atoms with Crippen molar-refractivity contribution in [1.82, 2.24) is 4.90 Å². The molecule has 0 radical (unpaired) electrons. The summed E-state index contributed by atoms with van der Waals surface area (Å²) in [6, 6.07) is 17.7. The van der Waals surface area contributed by atoms with Gasteiger partial charge in [0.15, 0.2) is 0 Å². The highest BCUT2D eigenvalue weighted by molar-refractivity contribution is 5.90. The molecular weight excluding hydrogens is 288 g/mol. The van der Waals surface area contributed by atoms with E-state index in [2.05, 4.69) is 22.3 Å². The van der Waals surface area contributed by atoms with Gasteiger partial charge in [-0.25, -0.2) is 0 Å². The van der Waals surface area contributed by atoms with E-state index >= 15 is 0 Å². The number of ether oxygens (including phenoxy) is 1. The molecule has 1 amide bonds. The van der Waals surface area contributed by atoms with Crippen molar-refractivity contribution in [2.45, 2.75) is 19.9 Å². The van der Waals surface area contributed by atoms with E-state index < -0.39 is 0 Å². The van der Waals surface area contributed by atoms with Crippen molar-refractivity contribution in [2.24, 2.45) is 0 Å². The first-order valence-corrected chi connectivity index (χ1v) is 7.92. The van der Waals surface area contributed by atoms with Crippen LogP contribution in [0.3, 0.4) is 0 Å². The van der Waals surface area contributed by atoms with Crippen molar-refractivity contribution >= 4 is 11.6 Å². The summed E-state index contributed by atoms with van der Waals surface area (Å²) in [4.78, 5) is 14.2. The van der Waals surface area contributed by atoms with E-state index in [1.54, 1.807) is 0 Å². The number of carbonyl (C=O) groups is 1. The molecule has 0 saturated heterocycles. The third kappa shape index (κ3) is 6.12. The molecule has 2 aromatic rings. The molecule has 0 aliphatic rings. The molecule has 0 saturated carbocycles. The molecule has 0 bridgehead atoms. The summed E-state index contributed by atoms with van der Waals surface area (Å²) in [6.07, 6.45) is 0.469. The second kappa shape index (κ2) is 8.96. The van der Waals surface area contributed by atoms with Crippen molar-refractivity contribution in [3.63, 3.8) is 0 Å². The van der Waals surface area contributed by atoms with Gasteiger partial charge < -0.3 is 15.0 Å². The summed E-state index contributed by atoms with van der Waals surface area (Å²) in [5, 5.41) is 2.91. The maximum absolute atomic E-state index is 12.0. The molecule has 2 rings (SSSR count). The molecule has 2 aromatic carbocycles. The number of rotatable bonds is 8. The van der Waals surface area contributed by atoms with Gasteiger partial charge in [-0.05, 0) is 43.8 Å². The highest BCUT2D eigenvalue weighted by Crippen LogP contribution is 2.15. The van der Waals surface area contributed by atoms with Crippen LogP contribution < -0.4 is 10.1 Å². The van der Waals surface area contributed by atoms with Gasteiger partial charge in [0.05, 0.1) is 6.61 Å². The molecule has 1 N–H and O–H groups in total. The smallest absolute Gasteiger partial charge is 0.225 e. The van der Waals surface area contributed by atoms with Crippen LogP contribution in [0.15, 0.2) is 54.6 Å². The predicted octanol–water partition coefficient (Wildman–Crippen LogP) is 3.55. The second-order valence-corrected chi connectivity index (χ2v) is 5.48. The third-order valence-corrected chi connectivity index (χ3v) is 3.46. The predicted molar refractivity (Wildman–Crippen MR) is 93.6 cm³/mol. The molecule has 0 aliphatic heterocycles. The van der Waals surface area contributed by atoms with Gasteiger partial charge in [0.2, 0.25) is 5.91 Å². The molecule has 0 spiro atoms. The fourth-order valence-electron chi connectivity index (χ4n) is 2.29. The second-order valence-electron chi connectivity index (χ2n) is 5.48. The van der Waals surface area contributed by atoms with Gasteiger partial charge in [0, 0.05) is 25.2 Å². The fraction of sp³-hybridized carbons (Fsp3) is 0.316. The molecule has 122 valence electrons. The van der Waals surface area contributed by atoms with Gasteiger partial charge in [0.25, 0.3) is 0 Å². The number of hydrogen-bond donors (Lipinski definition) is 1. The van der Waals surface area contributed by atoms with E-state index in [9.17, 15) is 4.79 Å². The summed E-state index contributed by atoms with van der Waals surface area (Å²) >= 11 is 0. The van der Waals surface area contributed by atoms with Gasteiger partial charge in [-0.3, -0.25) is 4.79 Å². The Morgan fingerprint density at radius 1 is 1.09 bits per heavy atom. The molecule has 0 fully saturated rings. The summed E-state index contributed by atoms with van der Waals surface area (Å²) in [6.45, 7) is 4.15. The van der Waals surface area contributed by atoms with Crippen LogP contribution in [0.4, 0.5) is 5.69 Å². The minimum atomic E-state index is 0.0223. The Labute approximate surface area is 138 Å². The molecule has 0 atom stereocenters. The van der Waals surface area contributed by atoms with E-state index in [-0.39, 0.29) is 5.91 Å². The first-order valence-electron chi connectivity index (χ1n) is 7.92. The molecule has 4 heteroatoms. The number of amides is 1. The first-order chi connectivity index (χ1) is 11.2. The molecule has 0 aromatic heterocycles. The van der Waals surface area contributed by atoms with E-state index in [1.807, 2.05) is 56.4 Å². The number of hydrogen-bond acceptors (Lipinski definition) is 3. The lowest BCUT2D eigenvalue weighted by Crippen LogP contribution is -2.24. The highest BCUT2D eigenvalue weighted by atomic mass is 16.5. The molecular formula is C19H24N2O2. The fourth-order valence-corrected chi connectivity index (χ4v) is 2.29. The van der Waals surface area contributed by atoms with Gasteiger partial charge in [-0.2, -0.15) is 0 Å². The standard InChI is InChI=1S/C19H24N2O2/c1-3-23-18-11-9-17(10-12-18)20-19(22)13-14-21(2)15-16-7-5-4-6-8-16/h4-12H,3,13-15H2,1-2H3,(H,20,22). The van der Waals surface area contributed by atoms with Gasteiger partial charge in [0.1, 0.15) is 5.75 Å². The topological polar surface area (TPSA) is 41.6 Å². The highest BCUT2D eigenvalue weighted by Gasteiger charge is 2.06. The number of nitrogens with one attached hydrogen (secondary N) is 1. The SMILES string of the molecule is CCOc1ccc(NC(=O)CCN(C)Cc2ccccc2)cc1. The van der Waals surface area contributed by atoms with Crippen molar-refractivity contribution in [3.05, 3.63) is 60.2 Å². The van der Waals surface area contributed by atoms with Crippen molar-refractivity contribution < 1.29 is 9.53 Å². The van der Waals surface area contributed by atoms with E-state index in [0.29, 0.717) is 13.0 Å². The summed E-state index contributed by atoms with van der Waals surface area (Å²) in [7, 11) is 2.02. The van der Waals surface area contributed by atoms with Crippen molar-refractivity contribution in [1.29, 1.82) is 0 Å². The third-order valence-electron chi connectivity index (χ3n) is 3.46. The minimum Gasteiger partial charge on any atom is -0.494 e. The van der Waals surface area contributed by atoms with E-state index in [1.165, 1.54) is 5.56 Å². The van der Waals surface area contributed by atoms with Crippen LogP contribution in [-0.4, -0.2) is 31.0 Å². The Hall–Kier alpha value is -2.33. The average Bonchev–Trinajstić information content (AvgIpc) is 2.56. The van der Waals surface area contributed by atoms with Crippen LogP contribution in [0.5, 0.6) is 5.75 Å². The summed E-state index contributed by atoms with van der Waals surface area (Å²) < 4.78 is 5.38. The monoisotopic (exact) mass is 312 g/mol. The molecule has 0 aliphatic carbocycles. The number of anilines is 1. The maximum atomic E-state index is 12.0. The normalized spacial score (nSPS) is 10.6. The number of carbonyl (C=O) groups excluding carboxylic acids is 1. The molecule has 23 heavy (non-hydrogen) atoms. The Bertz CT molecular complexity index is 597. The zero-order valence-electron chi connectivity index (χ0n) is 13.8. The van der Waals surface area contributed by atoms with Crippen LogP contribution in [0, 0.1) is 0 Å². The van der Waals surface area contributed by atoms with E-state index in [0.717, 1.165) is 24.5 Å². The summed E-state index contributed by atoms with van der Waals surface area (Å²) in [5.41, 5.74) is 2.05. The van der Waals surface area contributed by atoms with Crippen LogP contribution >= 0.6 is 0 Å². The van der Waals surface area contributed by atoms with Crippen LogP contribution in [0.2, 0.25) is 0 Å². The quantitative estimate of drug-likeness (QED) is 0.810. The first kappa shape index (κ1) is 17.0. The van der Waals surface area contributed by atoms with Gasteiger partial charge >= 0.3 is 0 Å². The Balaban J connectivity index is 1.74. The number of benzene rings is 2. The Morgan fingerprint density at radius 3 is 2.43 bits per heavy atom. The van der Waals surface area contributed by atoms with E-state index in [4.69, 9.17) is 4.74 Å². The van der Waals surface area contributed by atoms with Crippen molar-refractivity contribution in [3.8, 4) is 5.75 Å². The minimum absolute atomic E-state index is 0.0223. The van der Waals surface area contributed by atoms with Crippen LogP contribution in [0.25, 0.3) is 0 Å². The lowest BCUT2D eigenvalue weighted by molar-refractivity contribution is -0.116. The van der Waals surface area contributed by atoms with Gasteiger partial charge in [-0.15, -0.1) is 0 Å².